The van der Waals surface area contributed by atoms with Crippen LogP contribution in [0.2, 0.25) is 0 Å². The van der Waals surface area contributed by atoms with E-state index < -0.39 is 5.79 Å². The number of nitriles is 1. The number of hydrogen-bond acceptors (Lipinski definition) is 9. The van der Waals surface area contributed by atoms with Crippen LogP contribution in [0.4, 0.5) is 0 Å². The highest BCUT2D eigenvalue weighted by molar-refractivity contribution is 7.98. The van der Waals surface area contributed by atoms with Crippen LogP contribution >= 0.6 is 11.8 Å². The number of fused-ring (bicyclic) bond motifs is 2. The maximum absolute atomic E-state index is 9.09. The predicted molar refractivity (Wildman–Crippen MR) is 131 cm³/mol. The van der Waals surface area contributed by atoms with Gasteiger partial charge in [0.25, 0.3) is 0 Å². The van der Waals surface area contributed by atoms with Crippen molar-refractivity contribution in [3.63, 3.8) is 0 Å². The second-order valence-corrected chi connectivity index (χ2v) is 11.5. The van der Waals surface area contributed by atoms with Crippen molar-refractivity contribution in [1.82, 2.24) is 24.4 Å². The van der Waals surface area contributed by atoms with E-state index in [1.54, 1.807) is 18.1 Å². The van der Waals surface area contributed by atoms with E-state index in [4.69, 9.17) is 19.5 Å². The first kappa shape index (κ1) is 23.6. The fourth-order valence-electron chi connectivity index (χ4n) is 6.66. The summed E-state index contributed by atoms with van der Waals surface area (Å²) in [6, 6.07) is 6.46. The molecule has 4 aliphatic heterocycles. The van der Waals surface area contributed by atoms with Gasteiger partial charge in [0.05, 0.1) is 23.8 Å². The molecule has 0 aliphatic carbocycles. The lowest BCUT2D eigenvalue weighted by atomic mass is 9.84. The second kappa shape index (κ2) is 8.98. The van der Waals surface area contributed by atoms with E-state index in [0.29, 0.717) is 6.54 Å². The van der Waals surface area contributed by atoms with Gasteiger partial charge in [0.15, 0.2) is 5.79 Å². The van der Waals surface area contributed by atoms with E-state index in [1.165, 1.54) is 12.8 Å². The average molecular weight is 499 g/mol. The van der Waals surface area contributed by atoms with Crippen LogP contribution in [0.5, 0.6) is 0 Å². The van der Waals surface area contributed by atoms with Crippen molar-refractivity contribution < 1.29 is 14.2 Å². The minimum atomic E-state index is -0.645. The van der Waals surface area contributed by atoms with Crippen LogP contribution < -0.4 is 0 Å². The third-order valence-corrected chi connectivity index (χ3v) is 9.00. The van der Waals surface area contributed by atoms with Gasteiger partial charge < -0.3 is 14.2 Å². The summed E-state index contributed by atoms with van der Waals surface area (Å²) in [4.78, 5) is 9.34. The maximum Gasteiger partial charge on any atom is 0.164 e. The maximum atomic E-state index is 9.09. The quantitative estimate of drug-likeness (QED) is 0.456. The van der Waals surface area contributed by atoms with Gasteiger partial charge in [-0.2, -0.15) is 10.4 Å². The van der Waals surface area contributed by atoms with Crippen molar-refractivity contribution in [1.29, 1.82) is 5.26 Å². The molecule has 0 N–H and O–H groups in total. The van der Waals surface area contributed by atoms with Gasteiger partial charge in [0.1, 0.15) is 35.8 Å². The first-order valence-corrected chi connectivity index (χ1v) is 13.9. The molecule has 188 valence electrons. The van der Waals surface area contributed by atoms with Crippen LogP contribution in [0.15, 0.2) is 23.5 Å². The van der Waals surface area contributed by atoms with E-state index in [1.807, 2.05) is 24.6 Å². The smallest absolute Gasteiger partial charge is 0.164 e. The van der Waals surface area contributed by atoms with Crippen molar-refractivity contribution in [2.24, 2.45) is 0 Å². The Morgan fingerprint density at radius 2 is 1.94 bits per heavy atom. The molecule has 10 heteroatoms. The summed E-state index contributed by atoms with van der Waals surface area (Å²) < 4.78 is 21.6. The van der Waals surface area contributed by atoms with Crippen molar-refractivity contribution in [3.8, 4) is 6.07 Å². The van der Waals surface area contributed by atoms with Gasteiger partial charge in [-0.15, -0.1) is 11.8 Å². The number of piperidine rings is 1. The molecule has 9 nitrogen and oxygen atoms in total. The largest absolute Gasteiger partial charge is 0.362 e. The summed E-state index contributed by atoms with van der Waals surface area (Å²) >= 11 is 1.61. The van der Waals surface area contributed by atoms with Crippen LogP contribution in [0, 0.1) is 11.3 Å². The SMILES string of the molecule is CSc1ncnn2c([C@@H]3O[C@H](CN4CCCC45CCN(CC#N)CC5)[C@H]4OC(C)(C)O[C@H]43)ccc12. The minimum Gasteiger partial charge on any atom is -0.362 e. The Morgan fingerprint density at radius 1 is 1.14 bits per heavy atom. The molecule has 0 bridgehead atoms. The lowest BCUT2D eigenvalue weighted by molar-refractivity contribution is -0.191. The number of nitrogens with zero attached hydrogens (tertiary/aromatic N) is 6. The molecule has 4 aliphatic rings. The summed E-state index contributed by atoms with van der Waals surface area (Å²) in [7, 11) is 0. The van der Waals surface area contributed by atoms with E-state index in [0.717, 1.165) is 55.3 Å². The van der Waals surface area contributed by atoms with E-state index in [2.05, 4.69) is 38.1 Å². The van der Waals surface area contributed by atoms with E-state index >= 15 is 0 Å². The van der Waals surface area contributed by atoms with Crippen molar-refractivity contribution in [2.75, 3.05) is 39.0 Å². The monoisotopic (exact) mass is 498 g/mol. The van der Waals surface area contributed by atoms with Crippen LogP contribution in [-0.2, 0) is 14.2 Å². The summed E-state index contributed by atoms with van der Waals surface area (Å²) in [5.41, 5.74) is 2.18. The lowest BCUT2D eigenvalue weighted by Gasteiger charge is -2.45. The van der Waals surface area contributed by atoms with E-state index in [9.17, 15) is 0 Å². The molecule has 0 amide bonds. The Hall–Kier alpha value is -1.74. The van der Waals surface area contributed by atoms with Crippen molar-refractivity contribution in [2.45, 2.75) is 80.3 Å². The molecule has 0 saturated carbocycles. The minimum absolute atomic E-state index is 0.0775. The van der Waals surface area contributed by atoms with Gasteiger partial charge >= 0.3 is 0 Å². The molecule has 0 unspecified atom stereocenters. The van der Waals surface area contributed by atoms with Crippen molar-refractivity contribution in [3.05, 3.63) is 24.2 Å². The lowest BCUT2D eigenvalue weighted by Crippen LogP contribution is -2.54. The van der Waals surface area contributed by atoms with Crippen LogP contribution in [0.3, 0.4) is 0 Å². The zero-order valence-electron chi connectivity index (χ0n) is 20.7. The average Bonchev–Trinajstić information content (AvgIpc) is 3.59. The standard InChI is InChI=1S/C25H34N6O3S/c1-24(2)33-21-19(15-30-11-4-7-25(30)8-12-29(13-9-25)14-10-26)32-20(22(21)34-24)17-5-6-18-23(35-3)27-16-28-31(17)18/h5-6,16,19-22H,4,7-9,11-15H2,1-3H3/t19-,20+,21-,22+/m1/s1. The molecule has 0 aromatic carbocycles. The fraction of sp³-hybridized carbons (Fsp3) is 0.720. The number of likely N-dealkylation sites (tertiary alicyclic amines) is 2. The number of hydrogen-bond donors (Lipinski definition) is 0. The van der Waals surface area contributed by atoms with Crippen LogP contribution in [0.25, 0.3) is 5.52 Å². The van der Waals surface area contributed by atoms with Gasteiger partial charge in [0.2, 0.25) is 0 Å². The molecule has 4 saturated heterocycles. The van der Waals surface area contributed by atoms with Crippen molar-refractivity contribution >= 4 is 17.3 Å². The van der Waals surface area contributed by atoms with Gasteiger partial charge in [-0.3, -0.25) is 9.80 Å². The molecule has 6 rings (SSSR count). The van der Waals surface area contributed by atoms with Gasteiger partial charge in [0, 0.05) is 25.2 Å². The summed E-state index contributed by atoms with van der Waals surface area (Å²) in [5.74, 6) is -0.645. The molecule has 35 heavy (non-hydrogen) atoms. The number of ether oxygens (including phenoxy) is 3. The highest BCUT2D eigenvalue weighted by Gasteiger charge is 2.57. The Bertz CT molecular complexity index is 1120. The Balaban J connectivity index is 1.25. The fourth-order valence-corrected chi connectivity index (χ4v) is 7.18. The molecule has 1 spiro atoms. The predicted octanol–water partition coefficient (Wildman–Crippen LogP) is 2.87. The highest BCUT2D eigenvalue weighted by atomic mass is 32.2. The summed E-state index contributed by atoms with van der Waals surface area (Å²) in [6.45, 7) is 8.42. The normalized spacial score (nSPS) is 32.4. The molecule has 4 atom stereocenters. The van der Waals surface area contributed by atoms with Gasteiger partial charge in [-0.25, -0.2) is 9.50 Å². The Morgan fingerprint density at radius 3 is 2.71 bits per heavy atom. The van der Waals surface area contributed by atoms with Gasteiger partial charge in [-0.05, 0) is 64.5 Å². The third kappa shape index (κ3) is 4.06. The van der Waals surface area contributed by atoms with Gasteiger partial charge in [-0.1, -0.05) is 0 Å². The van der Waals surface area contributed by atoms with Crippen LogP contribution in [0.1, 0.15) is 51.3 Å². The molecule has 2 aromatic rings. The zero-order valence-corrected chi connectivity index (χ0v) is 21.5. The highest BCUT2D eigenvalue weighted by Crippen LogP contribution is 2.47. The molecule has 4 fully saturated rings. The summed E-state index contributed by atoms with van der Waals surface area (Å²) in [6.07, 6.45) is 7.65. The summed E-state index contributed by atoms with van der Waals surface area (Å²) in [5, 5.41) is 14.6. The number of aromatic nitrogens is 3. The van der Waals surface area contributed by atoms with Crippen LogP contribution in [-0.4, -0.2) is 93.0 Å². The molecule has 2 aromatic heterocycles. The molecule has 0 radical (unpaired) electrons. The molecule has 6 heterocycles. The zero-order chi connectivity index (χ0) is 24.2. The second-order valence-electron chi connectivity index (χ2n) is 10.7. The Labute approximate surface area is 210 Å². The first-order chi connectivity index (χ1) is 16.9. The third-order valence-electron chi connectivity index (χ3n) is 8.30. The first-order valence-electron chi connectivity index (χ1n) is 12.7. The van der Waals surface area contributed by atoms with E-state index in [-0.39, 0.29) is 30.0 Å². The Kier molecular flexibility index (Phi) is 6.06. The molecular weight excluding hydrogens is 464 g/mol. The number of thioether (sulfide) groups is 1. The molecular formula is C25H34N6O3S. The number of rotatable bonds is 5. The topological polar surface area (TPSA) is 88.2 Å².